The van der Waals surface area contributed by atoms with E-state index in [2.05, 4.69) is 38.3 Å². The SMILES string of the molecule is N#Cc1cnnc(N2CCC(c3ccncc3)C2)c1. The van der Waals surface area contributed by atoms with Crippen molar-refractivity contribution in [3.8, 4) is 6.07 Å². The number of pyridine rings is 1. The third kappa shape index (κ3) is 2.38. The molecule has 0 N–H and O–H groups in total. The monoisotopic (exact) mass is 251 g/mol. The standard InChI is InChI=1S/C14H13N5/c15-8-11-7-14(18-17-9-11)19-6-3-13(10-19)12-1-4-16-5-2-12/h1-2,4-5,7,9,13H,3,6,10H2. The Balaban J connectivity index is 1.77. The van der Waals surface area contributed by atoms with E-state index in [0.29, 0.717) is 11.5 Å². The zero-order chi connectivity index (χ0) is 13.1. The van der Waals surface area contributed by atoms with Crippen LogP contribution in [0.4, 0.5) is 5.82 Å². The summed E-state index contributed by atoms with van der Waals surface area (Å²) in [5.41, 5.74) is 1.86. The fraction of sp³-hybridized carbons (Fsp3) is 0.286. The summed E-state index contributed by atoms with van der Waals surface area (Å²) >= 11 is 0. The van der Waals surface area contributed by atoms with Gasteiger partial charge >= 0.3 is 0 Å². The van der Waals surface area contributed by atoms with Crippen molar-refractivity contribution in [1.82, 2.24) is 15.2 Å². The highest BCUT2D eigenvalue weighted by molar-refractivity contribution is 5.45. The van der Waals surface area contributed by atoms with Gasteiger partial charge in [-0.1, -0.05) is 0 Å². The summed E-state index contributed by atoms with van der Waals surface area (Å²) in [5.74, 6) is 1.28. The Labute approximate surface area is 111 Å². The van der Waals surface area contributed by atoms with E-state index in [9.17, 15) is 0 Å². The molecule has 0 aliphatic carbocycles. The minimum atomic E-state index is 0.496. The molecule has 1 atom stereocenters. The van der Waals surface area contributed by atoms with Gasteiger partial charge in [0.05, 0.1) is 11.8 Å². The molecular formula is C14H13N5. The van der Waals surface area contributed by atoms with Crippen LogP contribution < -0.4 is 4.90 Å². The number of nitriles is 1. The van der Waals surface area contributed by atoms with Gasteiger partial charge in [-0.05, 0) is 24.1 Å². The molecule has 1 saturated heterocycles. The highest BCUT2D eigenvalue weighted by atomic mass is 15.3. The van der Waals surface area contributed by atoms with Gasteiger partial charge in [0.1, 0.15) is 6.07 Å². The lowest BCUT2D eigenvalue weighted by Gasteiger charge is -2.16. The maximum absolute atomic E-state index is 8.89. The zero-order valence-corrected chi connectivity index (χ0v) is 10.4. The minimum Gasteiger partial charge on any atom is -0.354 e. The number of rotatable bonds is 2. The first-order chi connectivity index (χ1) is 9.36. The molecule has 1 aliphatic heterocycles. The van der Waals surface area contributed by atoms with Gasteiger partial charge in [0, 0.05) is 37.5 Å². The summed E-state index contributed by atoms with van der Waals surface area (Å²) in [7, 11) is 0. The van der Waals surface area contributed by atoms with Crippen LogP contribution in [0.2, 0.25) is 0 Å². The van der Waals surface area contributed by atoms with Crippen molar-refractivity contribution in [3.63, 3.8) is 0 Å². The van der Waals surface area contributed by atoms with Crippen LogP contribution in [-0.4, -0.2) is 28.3 Å². The maximum Gasteiger partial charge on any atom is 0.152 e. The lowest BCUT2D eigenvalue weighted by atomic mass is 10.00. The fourth-order valence-corrected chi connectivity index (χ4v) is 2.45. The van der Waals surface area contributed by atoms with E-state index in [4.69, 9.17) is 5.26 Å². The Kier molecular flexibility index (Phi) is 3.07. The van der Waals surface area contributed by atoms with E-state index < -0.39 is 0 Å². The van der Waals surface area contributed by atoms with Crippen molar-refractivity contribution >= 4 is 5.82 Å². The molecule has 5 heteroatoms. The predicted octanol–water partition coefficient (Wildman–Crippen LogP) is 1.74. The van der Waals surface area contributed by atoms with Crippen LogP contribution >= 0.6 is 0 Å². The van der Waals surface area contributed by atoms with Crippen molar-refractivity contribution in [3.05, 3.63) is 47.9 Å². The Bertz CT molecular complexity index is 605. The van der Waals surface area contributed by atoms with E-state index in [0.717, 1.165) is 25.3 Å². The van der Waals surface area contributed by atoms with E-state index in [1.165, 1.54) is 11.8 Å². The Morgan fingerprint density at radius 3 is 2.95 bits per heavy atom. The van der Waals surface area contributed by atoms with Crippen LogP contribution in [0.5, 0.6) is 0 Å². The van der Waals surface area contributed by atoms with Crippen molar-refractivity contribution in [2.75, 3.05) is 18.0 Å². The summed E-state index contributed by atoms with van der Waals surface area (Å²) in [6.07, 6.45) is 6.23. The van der Waals surface area contributed by atoms with Gasteiger partial charge in [-0.25, -0.2) is 0 Å². The normalized spacial score (nSPS) is 18.3. The second-order valence-corrected chi connectivity index (χ2v) is 4.63. The van der Waals surface area contributed by atoms with Crippen LogP contribution in [0.3, 0.4) is 0 Å². The predicted molar refractivity (Wildman–Crippen MR) is 70.6 cm³/mol. The van der Waals surface area contributed by atoms with Gasteiger partial charge < -0.3 is 4.90 Å². The van der Waals surface area contributed by atoms with Crippen molar-refractivity contribution < 1.29 is 0 Å². The number of hydrogen-bond acceptors (Lipinski definition) is 5. The maximum atomic E-state index is 8.89. The van der Waals surface area contributed by atoms with E-state index in [1.807, 2.05) is 12.4 Å². The molecule has 0 spiro atoms. The Morgan fingerprint density at radius 2 is 2.16 bits per heavy atom. The average Bonchev–Trinajstić information content (AvgIpc) is 2.98. The molecule has 94 valence electrons. The van der Waals surface area contributed by atoms with Crippen LogP contribution in [0.1, 0.15) is 23.5 Å². The average molecular weight is 251 g/mol. The van der Waals surface area contributed by atoms with Crippen LogP contribution in [0, 0.1) is 11.3 Å². The summed E-state index contributed by atoms with van der Waals surface area (Å²) in [6.45, 7) is 1.85. The molecule has 5 nitrogen and oxygen atoms in total. The molecule has 1 fully saturated rings. The summed E-state index contributed by atoms with van der Waals surface area (Å²) in [4.78, 5) is 6.22. The van der Waals surface area contributed by atoms with Gasteiger partial charge in [-0.3, -0.25) is 4.98 Å². The number of aromatic nitrogens is 3. The van der Waals surface area contributed by atoms with Gasteiger partial charge in [0.2, 0.25) is 0 Å². The number of hydrogen-bond donors (Lipinski definition) is 0. The van der Waals surface area contributed by atoms with Crippen molar-refractivity contribution in [2.45, 2.75) is 12.3 Å². The van der Waals surface area contributed by atoms with E-state index >= 15 is 0 Å². The highest BCUT2D eigenvalue weighted by Crippen LogP contribution is 2.29. The zero-order valence-electron chi connectivity index (χ0n) is 10.4. The smallest absolute Gasteiger partial charge is 0.152 e. The lowest BCUT2D eigenvalue weighted by Crippen LogP contribution is -2.20. The quantitative estimate of drug-likeness (QED) is 0.813. The van der Waals surface area contributed by atoms with Crippen molar-refractivity contribution in [2.24, 2.45) is 0 Å². The van der Waals surface area contributed by atoms with Crippen molar-refractivity contribution in [1.29, 1.82) is 5.26 Å². The van der Waals surface area contributed by atoms with E-state index in [1.54, 1.807) is 6.07 Å². The van der Waals surface area contributed by atoms with Crippen LogP contribution in [0.25, 0.3) is 0 Å². The second-order valence-electron chi connectivity index (χ2n) is 4.63. The summed E-state index contributed by atoms with van der Waals surface area (Å²) in [6, 6.07) is 8.01. The van der Waals surface area contributed by atoms with Crippen LogP contribution in [-0.2, 0) is 0 Å². The van der Waals surface area contributed by atoms with Gasteiger partial charge in [0.15, 0.2) is 5.82 Å². The van der Waals surface area contributed by atoms with Gasteiger partial charge in [0.25, 0.3) is 0 Å². The molecule has 2 aromatic rings. The molecular weight excluding hydrogens is 238 g/mol. The van der Waals surface area contributed by atoms with Gasteiger partial charge in [-0.15, -0.1) is 5.10 Å². The molecule has 2 aromatic heterocycles. The van der Waals surface area contributed by atoms with Crippen LogP contribution in [0.15, 0.2) is 36.8 Å². The van der Waals surface area contributed by atoms with Gasteiger partial charge in [-0.2, -0.15) is 10.4 Å². The topological polar surface area (TPSA) is 65.7 Å². The molecule has 1 unspecified atom stereocenters. The lowest BCUT2D eigenvalue weighted by molar-refractivity contribution is 0.771. The molecule has 3 rings (SSSR count). The third-order valence-corrected chi connectivity index (χ3v) is 3.46. The largest absolute Gasteiger partial charge is 0.354 e. The Hall–Kier alpha value is -2.48. The molecule has 0 amide bonds. The highest BCUT2D eigenvalue weighted by Gasteiger charge is 2.25. The first-order valence-corrected chi connectivity index (χ1v) is 6.24. The summed E-state index contributed by atoms with van der Waals surface area (Å²) in [5, 5.41) is 16.9. The minimum absolute atomic E-state index is 0.496. The molecule has 1 aliphatic rings. The first-order valence-electron chi connectivity index (χ1n) is 6.24. The molecule has 0 saturated carbocycles. The summed E-state index contributed by atoms with van der Waals surface area (Å²) < 4.78 is 0. The Morgan fingerprint density at radius 1 is 1.32 bits per heavy atom. The third-order valence-electron chi connectivity index (χ3n) is 3.46. The molecule has 0 aromatic carbocycles. The second kappa shape index (κ2) is 5.02. The fourth-order valence-electron chi connectivity index (χ4n) is 2.45. The molecule has 3 heterocycles. The number of anilines is 1. The molecule has 19 heavy (non-hydrogen) atoms. The first kappa shape index (κ1) is 11.6. The molecule has 0 radical (unpaired) electrons. The van der Waals surface area contributed by atoms with E-state index in [-0.39, 0.29) is 0 Å². The number of nitrogens with zero attached hydrogens (tertiary/aromatic N) is 5. The molecule has 0 bridgehead atoms.